The number of unbranched alkanes of at least 4 members (excludes halogenated alkanes) is 3. The van der Waals surface area contributed by atoms with E-state index in [1.54, 1.807) is 0 Å². The quantitative estimate of drug-likeness (QED) is 0.665. The molecule has 0 spiro atoms. The summed E-state index contributed by atoms with van der Waals surface area (Å²) >= 11 is 0. The first-order valence-corrected chi connectivity index (χ1v) is 6.99. The molecule has 0 fully saturated rings. The third kappa shape index (κ3) is 7.43. The summed E-state index contributed by atoms with van der Waals surface area (Å²) in [6, 6.07) is 0. The highest BCUT2D eigenvalue weighted by molar-refractivity contribution is 5.75. The van der Waals surface area contributed by atoms with Gasteiger partial charge in [-0.15, -0.1) is 5.10 Å². The lowest BCUT2D eigenvalue weighted by Crippen LogP contribution is -2.28. The van der Waals surface area contributed by atoms with Crippen molar-refractivity contribution in [1.29, 1.82) is 0 Å². The summed E-state index contributed by atoms with van der Waals surface area (Å²) in [6.45, 7) is 5.40. The number of aromatic nitrogens is 3. The van der Waals surface area contributed by atoms with Crippen molar-refractivity contribution >= 4 is 11.9 Å². The predicted octanol–water partition coefficient (Wildman–Crippen LogP) is 1.58. The standard InChI is InChI=1S/C13H25N5O/c1-11(2)7-5-3-4-6-8-15-12(19)9-18-10-16-13(14)17-18/h10-11H,3-9H2,1-2H3,(H2,14,17)(H,15,19). The van der Waals surface area contributed by atoms with E-state index in [1.165, 1.54) is 36.7 Å². The Balaban J connectivity index is 1.99. The van der Waals surface area contributed by atoms with Gasteiger partial charge in [0.15, 0.2) is 0 Å². The van der Waals surface area contributed by atoms with E-state index in [4.69, 9.17) is 5.73 Å². The van der Waals surface area contributed by atoms with Crippen LogP contribution >= 0.6 is 0 Å². The fourth-order valence-corrected chi connectivity index (χ4v) is 1.85. The number of nitrogens with two attached hydrogens (primary N) is 1. The van der Waals surface area contributed by atoms with Crippen LogP contribution in [0.5, 0.6) is 0 Å². The normalized spacial score (nSPS) is 10.9. The number of hydrogen-bond donors (Lipinski definition) is 2. The van der Waals surface area contributed by atoms with E-state index >= 15 is 0 Å². The number of nitrogens with one attached hydrogen (secondary N) is 1. The van der Waals surface area contributed by atoms with Gasteiger partial charge in [-0.1, -0.05) is 39.5 Å². The van der Waals surface area contributed by atoms with Gasteiger partial charge in [0, 0.05) is 6.54 Å². The molecule has 0 radical (unpaired) electrons. The van der Waals surface area contributed by atoms with Crippen molar-refractivity contribution in [3.05, 3.63) is 6.33 Å². The first-order valence-electron chi connectivity index (χ1n) is 6.99. The largest absolute Gasteiger partial charge is 0.367 e. The molecule has 1 rings (SSSR count). The Morgan fingerprint density at radius 1 is 1.37 bits per heavy atom. The molecule has 1 aromatic heterocycles. The van der Waals surface area contributed by atoms with Gasteiger partial charge in [0.1, 0.15) is 12.9 Å². The van der Waals surface area contributed by atoms with Crippen molar-refractivity contribution in [3.8, 4) is 0 Å². The highest BCUT2D eigenvalue weighted by Crippen LogP contribution is 2.08. The van der Waals surface area contributed by atoms with Crippen LogP contribution in [0.25, 0.3) is 0 Å². The van der Waals surface area contributed by atoms with Gasteiger partial charge >= 0.3 is 0 Å². The van der Waals surface area contributed by atoms with Gasteiger partial charge in [0.2, 0.25) is 11.9 Å². The lowest BCUT2D eigenvalue weighted by molar-refractivity contribution is -0.121. The molecule has 0 aliphatic rings. The lowest BCUT2D eigenvalue weighted by atomic mass is 10.0. The zero-order valence-electron chi connectivity index (χ0n) is 11.9. The molecular formula is C13H25N5O. The third-order valence-corrected chi connectivity index (χ3v) is 2.89. The van der Waals surface area contributed by atoms with Crippen molar-refractivity contribution in [1.82, 2.24) is 20.1 Å². The maximum absolute atomic E-state index is 11.6. The fourth-order valence-electron chi connectivity index (χ4n) is 1.85. The van der Waals surface area contributed by atoms with Crippen molar-refractivity contribution in [3.63, 3.8) is 0 Å². The minimum absolute atomic E-state index is 0.0490. The molecule has 0 bridgehead atoms. The van der Waals surface area contributed by atoms with Crippen molar-refractivity contribution in [2.45, 2.75) is 52.5 Å². The first kappa shape index (κ1) is 15.5. The monoisotopic (exact) mass is 267 g/mol. The highest BCUT2D eigenvalue weighted by atomic mass is 16.2. The Kier molecular flexibility index (Phi) is 6.92. The fraction of sp³-hybridized carbons (Fsp3) is 0.769. The molecule has 0 saturated heterocycles. The summed E-state index contributed by atoms with van der Waals surface area (Å²) in [6.07, 6.45) is 7.48. The van der Waals surface area contributed by atoms with Gasteiger partial charge in [0.25, 0.3) is 0 Å². The Morgan fingerprint density at radius 2 is 2.11 bits per heavy atom. The predicted molar refractivity (Wildman–Crippen MR) is 75.4 cm³/mol. The SMILES string of the molecule is CC(C)CCCCCCNC(=O)Cn1cnc(N)n1. The molecule has 6 nitrogen and oxygen atoms in total. The number of anilines is 1. The number of carbonyl (C=O) groups is 1. The van der Waals surface area contributed by atoms with Crippen LogP contribution in [0.3, 0.4) is 0 Å². The van der Waals surface area contributed by atoms with Gasteiger partial charge in [0.05, 0.1) is 0 Å². The first-order chi connectivity index (χ1) is 9.08. The Hall–Kier alpha value is -1.59. The summed E-state index contributed by atoms with van der Waals surface area (Å²) in [5, 5.41) is 6.73. The average Bonchev–Trinajstić information content (AvgIpc) is 2.73. The van der Waals surface area contributed by atoms with Crippen LogP contribution in [-0.4, -0.2) is 27.2 Å². The van der Waals surface area contributed by atoms with E-state index < -0.39 is 0 Å². The van der Waals surface area contributed by atoms with Crippen LogP contribution in [0.2, 0.25) is 0 Å². The van der Waals surface area contributed by atoms with Crippen LogP contribution in [-0.2, 0) is 11.3 Å². The number of rotatable bonds is 9. The van der Waals surface area contributed by atoms with Crippen LogP contribution in [0, 0.1) is 5.92 Å². The Morgan fingerprint density at radius 3 is 2.74 bits per heavy atom. The Bertz CT molecular complexity index is 375. The summed E-state index contributed by atoms with van der Waals surface area (Å²) in [5.74, 6) is 0.930. The highest BCUT2D eigenvalue weighted by Gasteiger charge is 2.03. The zero-order chi connectivity index (χ0) is 14.1. The second kappa shape index (κ2) is 8.50. The van der Waals surface area contributed by atoms with Gasteiger partial charge in [-0.05, 0) is 12.3 Å². The minimum atomic E-state index is -0.0490. The molecule has 3 N–H and O–H groups in total. The second-order valence-corrected chi connectivity index (χ2v) is 5.25. The van der Waals surface area contributed by atoms with Crippen LogP contribution < -0.4 is 11.1 Å². The maximum Gasteiger partial charge on any atom is 0.241 e. The number of hydrogen-bond acceptors (Lipinski definition) is 4. The molecule has 0 aromatic carbocycles. The van der Waals surface area contributed by atoms with E-state index in [-0.39, 0.29) is 18.4 Å². The average molecular weight is 267 g/mol. The van der Waals surface area contributed by atoms with Crippen LogP contribution in [0.1, 0.15) is 46.0 Å². The van der Waals surface area contributed by atoms with Crippen molar-refractivity contribution in [2.75, 3.05) is 12.3 Å². The summed E-state index contributed by atoms with van der Waals surface area (Å²) in [5.41, 5.74) is 5.37. The van der Waals surface area contributed by atoms with E-state index in [0.717, 1.165) is 18.9 Å². The van der Waals surface area contributed by atoms with Crippen LogP contribution in [0.15, 0.2) is 6.33 Å². The molecular weight excluding hydrogens is 242 g/mol. The van der Waals surface area contributed by atoms with Gasteiger partial charge < -0.3 is 11.1 Å². The molecule has 0 saturated carbocycles. The maximum atomic E-state index is 11.6. The third-order valence-electron chi connectivity index (χ3n) is 2.89. The Labute approximate surface area is 114 Å². The van der Waals surface area contributed by atoms with E-state index in [9.17, 15) is 4.79 Å². The zero-order valence-corrected chi connectivity index (χ0v) is 11.9. The topological polar surface area (TPSA) is 85.8 Å². The smallest absolute Gasteiger partial charge is 0.241 e. The van der Waals surface area contributed by atoms with Gasteiger partial charge in [-0.25, -0.2) is 9.67 Å². The number of carbonyl (C=O) groups excluding carboxylic acids is 1. The van der Waals surface area contributed by atoms with E-state index in [1.807, 2.05) is 0 Å². The second-order valence-electron chi connectivity index (χ2n) is 5.25. The molecule has 0 atom stereocenters. The molecule has 19 heavy (non-hydrogen) atoms. The minimum Gasteiger partial charge on any atom is -0.367 e. The molecule has 6 heteroatoms. The van der Waals surface area contributed by atoms with Gasteiger partial charge in [-0.3, -0.25) is 4.79 Å². The number of nitrogen functional groups attached to an aromatic ring is 1. The van der Waals surface area contributed by atoms with Gasteiger partial charge in [-0.2, -0.15) is 0 Å². The van der Waals surface area contributed by atoms with Crippen LogP contribution in [0.4, 0.5) is 5.95 Å². The van der Waals surface area contributed by atoms with Crippen molar-refractivity contribution in [2.24, 2.45) is 5.92 Å². The molecule has 1 aromatic rings. The lowest BCUT2D eigenvalue weighted by Gasteiger charge is -2.06. The molecule has 0 aliphatic carbocycles. The number of amides is 1. The number of nitrogens with zero attached hydrogens (tertiary/aromatic N) is 3. The van der Waals surface area contributed by atoms with E-state index in [2.05, 4.69) is 29.2 Å². The summed E-state index contributed by atoms with van der Waals surface area (Å²) < 4.78 is 1.44. The molecule has 0 aliphatic heterocycles. The molecule has 0 unspecified atom stereocenters. The molecule has 1 amide bonds. The molecule has 1 heterocycles. The van der Waals surface area contributed by atoms with E-state index in [0.29, 0.717) is 0 Å². The molecule has 108 valence electrons. The summed E-state index contributed by atoms with van der Waals surface area (Å²) in [4.78, 5) is 15.3. The summed E-state index contributed by atoms with van der Waals surface area (Å²) in [7, 11) is 0. The van der Waals surface area contributed by atoms with Crippen molar-refractivity contribution < 1.29 is 4.79 Å².